The number of carbonyl (C=O) groups is 2. The molecule has 1 aromatic rings. The number of aliphatic hydroxyl groups is 1. The van der Waals surface area contributed by atoms with E-state index in [2.05, 4.69) is 10.3 Å². The lowest BCUT2D eigenvalue weighted by atomic mass is 9.75. The maximum atomic E-state index is 12.6. The van der Waals surface area contributed by atoms with E-state index in [1.807, 2.05) is 16.0 Å². The summed E-state index contributed by atoms with van der Waals surface area (Å²) in [6.07, 6.45) is 6.32. The van der Waals surface area contributed by atoms with Crippen molar-refractivity contribution in [3.05, 3.63) is 11.9 Å². The molecule has 2 amide bonds. The second kappa shape index (κ2) is 6.98. The van der Waals surface area contributed by atoms with Gasteiger partial charge in [-0.2, -0.15) is 0 Å². The Labute approximate surface area is 153 Å². The fourth-order valence-electron chi connectivity index (χ4n) is 4.45. The molecule has 2 fully saturated rings. The summed E-state index contributed by atoms with van der Waals surface area (Å²) in [4.78, 5) is 28.9. The first kappa shape index (κ1) is 17.5. The molecular formula is C18H27N5O3. The van der Waals surface area contributed by atoms with Gasteiger partial charge in [0.15, 0.2) is 0 Å². The fourth-order valence-corrected chi connectivity index (χ4v) is 4.45. The van der Waals surface area contributed by atoms with Crippen molar-refractivity contribution in [1.82, 2.24) is 24.8 Å². The number of aryl methyl sites for hydroxylation is 2. The maximum absolute atomic E-state index is 12.6. The van der Waals surface area contributed by atoms with Crippen molar-refractivity contribution in [2.24, 2.45) is 5.92 Å². The van der Waals surface area contributed by atoms with Crippen LogP contribution in [0.4, 0.5) is 0 Å². The SMILES string of the molecule is O=C1CCCc2cn(nn2)CCCC(=O)N2CC[C@]3(O)CCN1C[C@@H]3C2. The molecule has 0 aliphatic carbocycles. The minimum atomic E-state index is -0.730. The second-order valence-electron chi connectivity index (χ2n) is 7.91. The number of hydrogen-bond acceptors (Lipinski definition) is 5. The van der Waals surface area contributed by atoms with Gasteiger partial charge in [-0.3, -0.25) is 14.3 Å². The lowest BCUT2D eigenvalue weighted by molar-refractivity contribution is -0.153. The Kier molecular flexibility index (Phi) is 4.69. The molecule has 2 saturated heterocycles. The van der Waals surface area contributed by atoms with Crippen molar-refractivity contribution in [1.29, 1.82) is 0 Å². The van der Waals surface area contributed by atoms with Crippen molar-refractivity contribution in [3.8, 4) is 0 Å². The smallest absolute Gasteiger partial charge is 0.222 e. The summed E-state index contributed by atoms with van der Waals surface area (Å²) in [5, 5.41) is 19.2. The summed E-state index contributed by atoms with van der Waals surface area (Å²) >= 11 is 0. The van der Waals surface area contributed by atoms with Crippen LogP contribution in [0, 0.1) is 5.92 Å². The molecule has 8 heteroatoms. The average Bonchev–Trinajstić information content (AvgIpc) is 3.07. The van der Waals surface area contributed by atoms with Crippen molar-refractivity contribution in [3.63, 3.8) is 0 Å². The Morgan fingerprint density at radius 1 is 0.962 bits per heavy atom. The van der Waals surface area contributed by atoms with Crippen LogP contribution in [0.1, 0.15) is 44.2 Å². The van der Waals surface area contributed by atoms with E-state index in [0.717, 1.165) is 25.0 Å². The van der Waals surface area contributed by atoms with Gasteiger partial charge in [0.05, 0.1) is 11.3 Å². The van der Waals surface area contributed by atoms with Gasteiger partial charge < -0.3 is 14.9 Å². The number of aromatic nitrogens is 3. The van der Waals surface area contributed by atoms with E-state index in [9.17, 15) is 14.7 Å². The summed E-state index contributed by atoms with van der Waals surface area (Å²) in [5.74, 6) is 0.219. The zero-order valence-corrected chi connectivity index (χ0v) is 15.1. The minimum absolute atomic E-state index is 0.0431. The molecule has 0 radical (unpaired) electrons. The summed E-state index contributed by atoms with van der Waals surface area (Å²) in [6.45, 7) is 2.98. The fraction of sp³-hybridized carbons (Fsp3) is 0.778. The molecule has 4 heterocycles. The number of rotatable bonds is 0. The first-order valence-corrected chi connectivity index (χ1v) is 9.70. The van der Waals surface area contributed by atoms with Gasteiger partial charge in [-0.15, -0.1) is 5.10 Å². The second-order valence-corrected chi connectivity index (χ2v) is 7.91. The van der Waals surface area contributed by atoms with E-state index in [1.165, 1.54) is 0 Å². The van der Waals surface area contributed by atoms with Gasteiger partial charge in [-0.1, -0.05) is 5.21 Å². The molecule has 3 aliphatic heterocycles. The van der Waals surface area contributed by atoms with Crippen molar-refractivity contribution in [2.45, 2.75) is 57.1 Å². The molecule has 1 aromatic heterocycles. The van der Waals surface area contributed by atoms with Crippen LogP contribution < -0.4 is 0 Å². The van der Waals surface area contributed by atoms with Crippen LogP contribution in [0.25, 0.3) is 0 Å². The number of nitrogens with zero attached hydrogens (tertiary/aromatic N) is 5. The van der Waals surface area contributed by atoms with Crippen molar-refractivity contribution >= 4 is 11.8 Å². The van der Waals surface area contributed by atoms with Gasteiger partial charge in [0, 0.05) is 57.7 Å². The number of amides is 2. The van der Waals surface area contributed by atoms with E-state index in [-0.39, 0.29) is 17.7 Å². The molecule has 0 saturated carbocycles. The Morgan fingerprint density at radius 3 is 2.31 bits per heavy atom. The molecule has 8 nitrogen and oxygen atoms in total. The van der Waals surface area contributed by atoms with E-state index in [1.54, 1.807) is 4.68 Å². The topological polar surface area (TPSA) is 91.6 Å². The standard InChI is InChI=1S/C18H27N5O3/c24-16-4-1-3-15-13-23(20-19-15)8-2-5-17(25)22-10-7-18(26)6-9-21(16)11-14(18)12-22/h13-14,26H,1-12H2/t14-,18-/m1/s1. The largest absolute Gasteiger partial charge is 0.389 e. The van der Waals surface area contributed by atoms with E-state index in [4.69, 9.17) is 0 Å². The summed E-state index contributed by atoms with van der Waals surface area (Å²) in [6, 6.07) is 0. The lowest BCUT2D eigenvalue weighted by Gasteiger charge is -2.50. The summed E-state index contributed by atoms with van der Waals surface area (Å²) < 4.78 is 1.78. The van der Waals surface area contributed by atoms with Crippen LogP contribution in [0.3, 0.4) is 0 Å². The predicted octanol–water partition coefficient (Wildman–Crippen LogP) is 0.207. The molecular weight excluding hydrogens is 334 g/mol. The van der Waals surface area contributed by atoms with Crippen molar-refractivity contribution in [2.75, 3.05) is 26.2 Å². The van der Waals surface area contributed by atoms with Crippen LogP contribution >= 0.6 is 0 Å². The third-order valence-electron chi connectivity index (χ3n) is 6.16. The van der Waals surface area contributed by atoms with Crippen LogP contribution in [-0.4, -0.2) is 73.5 Å². The first-order chi connectivity index (χ1) is 12.5. The summed E-state index contributed by atoms with van der Waals surface area (Å²) in [5.41, 5.74) is 0.164. The highest BCUT2D eigenvalue weighted by Gasteiger charge is 2.46. The molecule has 5 bridgehead atoms. The molecule has 3 aliphatic rings. The molecule has 2 atom stereocenters. The number of hydrogen-bond donors (Lipinski definition) is 1. The molecule has 4 rings (SSSR count). The molecule has 142 valence electrons. The van der Waals surface area contributed by atoms with Gasteiger partial charge in [0.2, 0.25) is 11.8 Å². The van der Waals surface area contributed by atoms with E-state index >= 15 is 0 Å². The minimum Gasteiger partial charge on any atom is -0.389 e. The monoisotopic (exact) mass is 361 g/mol. The summed E-state index contributed by atoms with van der Waals surface area (Å²) in [7, 11) is 0. The highest BCUT2D eigenvalue weighted by Crippen LogP contribution is 2.36. The van der Waals surface area contributed by atoms with Crippen LogP contribution in [0.5, 0.6) is 0 Å². The zero-order chi connectivity index (χ0) is 18.1. The zero-order valence-electron chi connectivity index (χ0n) is 15.1. The molecule has 26 heavy (non-hydrogen) atoms. The Hall–Kier alpha value is -1.96. The van der Waals surface area contributed by atoms with Gasteiger partial charge in [-0.05, 0) is 32.1 Å². The first-order valence-electron chi connectivity index (χ1n) is 9.70. The Bertz CT molecular complexity index is 638. The molecule has 0 spiro atoms. The van der Waals surface area contributed by atoms with Gasteiger partial charge in [0.1, 0.15) is 0 Å². The highest BCUT2D eigenvalue weighted by atomic mass is 16.3. The quantitative estimate of drug-likeness (QED) is 0.713. The molecule has 0 unspecified atom stereocenters. The van der Waals surface area contributed by atoms with Crippen LogP contribution in [-0.2, 0) is 22.6 Å². The van der Waals surface area contributed by atoms with Crippen LogP contribution in [0.15, 0.2) is 6.20 Å². The normalized spacial score (nSPS) is 30.7. The lowest BCUT2D eigenvalue weighted by Crippen LogP contribution is -2.61. The van der Waals surface area contributed by atoms with Gasteiger partial charge >= 0.3 is 0 Å². The number of piperidine rings is 2. The van der Waals surface area contributed by atoms with E-state index in [0.29, 0.717) is 58.4 Å². The Balaban J connectivity index is 1.52. The highest BCUT2D eigenvalue weighted by molar-refractivity contribution is 5.77. The molecule has 0 aromatic carbocycles. The van der Waals surface area contributed by atoms with E-state index < -0.39 is 5.60 Å². The van der Waals surface area contributed by atoms with Gasteiger partial charge in [0.25, 0.3) is 0 Å². The predicted molar refractivity (Wildman–Crippen MR) is 93.0 cm³/mol. The molecule has 1 N–H and O–H groups in total. The maximum Gasteiger partial charge on any atom is 0.222 e. The average molecular weight is 361 g/mol. The number of carbonyl (C=O) groups excluding carboxylic acids is 2. The Morgan fingerprint density at radius 2 is 1.62 bits per heavy atom. The van der Waals surface area contributed by atoms with Crippen LogP contribution in [0.2, 0.25) is 0 Å². The van der Waals surface area contributed by atoms with Crippen molar-refractivity contribution < 1.29 is 14.7 Å². The third kappa shape index (κ3) is 3.47. The number of fused-ring (bicyclic) bond motifs is 4. The third-order valence-corrected chi connectivity index (χ3v) is 6.16. The van der Waals surface area contributed by atoms with Gasteiger partial charge in [-0.25, -0.2) is 0 Å².